The van der Waals surface area contributed by atoms with Gasteiger partial charge in [-0.2, -0.15) is 0 Å². The van der Waals surface area contributed by atoms with Gasteiger partial charge in [-0.1, -0.05) is 31.4 Å². The largest absolute Gasteiger partial charge is 0.482 e. The Kier molecular flexibility index (Phi) is 6.91. The van der Waals surface area contributed by atoms with Gasteiger partial charge in [-0.05, 0) is 49.4 Å². The first-order valence-electron chi connectivity index (χ1n) is 8.29. The van der Waals surface area contributed by atoms with Gasteiger partial charge in [-0.15, -0.1) is 0 Å². The Labute approximate surface area is 147 Å². The van der Waals surface area contributed by atoms with Crippen molar-refractivity contribution in [3.05, 3.63) is 28.8 Å². The van der Waals surface area contributed by atoms with Crippen LogP contribution in [0.4, 0.5) is 0 Å². The summed E-state index contributed by atoms with van der Waals surface area (Å²) in [6.45, 7) is 3.47. The van der Waals surface area contributed by atoms with Crippen LogP contribution < -0.4 is 10.1 Å². The van der Waals surface area contributed by atoms with Crippen molar-refractivity contribution in [1.29, 1.82) is 0 Å². The van der Waals surface area contributed by atoms with Crippen LogP contribution >= 0.6 is 11.6 Å². The maximum atomic E-state index is 11.9. The summed E-state index contributed by atoms with van der Waals surface area (Å²) in [5, 5.41) is 3.58. The smallest absolute Gasteiger partial charge is 0.344 e. The van der Waals surface area contributed by atoms with E-state index in [9.17, 15) is 9.59 Å². The van der Waals surface area contributed by atoms with E-state index in [1.165, 1.54) is 6.42 Å². The molecule has 1 aliphatic carbocycles. The number of ether oxygens (including phenoxy) is 2. The van der Waals surface area contributed by atoms with Gasteiger partial charge in [0.05, 0.1) is 0 Å². The van der Waals surface area contributed by atoms with E-state index >= 15 is 0 Å². The van der Waals surface area contributed by atoms with Gasteiger partial charge >= 0.3 is 5.97 Å². The molecule has 24 heavy (non-hydrogen) atoms. The fourth-order valence-corrected chi connectivity index (χ4v) is 2.93. The molecule has 6 heteroatoms. The monoisotopic (exact) mass is 353 g/mol. The molecule has 1 amide bonds. The first-order valence-corrected chi connectivity index (χ1v) is 8.67. The number of aryl methyl sites for hydroxylation is 1. The Hall–Kier alpha value is -1.75. The molecule has 0 bridgehead atoms. The van der Waals surface area contributed by atoms with Crippen LogP contribution in [0, 0.1) is 12.8 Å². The molecular formula is C18H24ClNO4. The SMILES string of the molecule is Cc1cc(OCC(=O)OCC(=O)N[C@@H]2CCCC[C@@H]2C)ccc1Cl. The fraction of sp³-hybridized carbons (Fsp3) is 0.556. The lowest BCUT2D eigenvalue weighted by Crippen LogP contribution is -2.43. The summed E-state index contributed by atoms with van der Waals surface area (Å²) in [6, 6.07) is 5.31. The minimum absolute atomic E-state index is 0.179. The second kappa shape index (κ2) is 8.92. The third-order valence-corrected chi connectivity index (χ3v) is 4.73. The highest BCUT2D eigenvalue weighted by Crippen LogP contribution is 2.23. The Bertz CT molecular complexity index is 590. The molecule has 0 aromatic heterocycles. The van der Waals surface area contributed by atoms with E-state index in [1.807, 2.05) is 6.92 Å². The van der Waals surface area contributed by atoms with Gasteiger partial charge in [-0.25, -0.2) is 4.79 Å². The number of halogens is 1. The minimum atomic E-state index is -0.575. The molecule has 0 saturated heterocycles. The van der Waals surface area contributed by atoms with E-state index in [0.29, 0.717) is 16.7 Å². The number of amides is 1. The Morgan fingerprint density at radius 3 is 2.71 bits per heavy atom. The number of benzene rings is 1. The highest BCUT2D eigenvalue weighted by atomic mass is 35.5. The van der Waals surface area contributed by atoms with E-state index in [-0.39, 0.29) is 25.2 Å². The quantitative estimate of drug-likeness (QED) is 0.797. The molecule has 1 aromatic rings. The van der Waals surface area contributed by atoms with Crippen LogP contribution in [0.3, 0.4) is 0 Å². The predicted octanol–water partition coefficient (Wildman–Crippen LogP) is 3.27. The second-order valence-electron chi connectivity index (χ2n) is 6.30. The van der Waals surface area contributed by atoms with Crippen LogP contribution in [-0.2, 0) is 14.3 Å². The summed E-state index contributed by atoms with van der Waals surface area (Å²) in [5.41, 5.74) is 0.864. The molecule has 0 spiro atoms. The van der Waals surface area contributed by atoms with Crippen LogP contribution in [0.1, 0.15) is 38.2 Å². The van der Waals surface area contributed by atoms with Gasteiger partial charge in [-0.3, -0.25) is 4.79 Å². The van der Waals surface area contributed by atoms with E-state index in [1.54, 1.807) is 18.2 Å². The fourth-order valence-electron chi connectivity index (χ4n) is 2.82. The van der Waals surface area contributed by atoms with Crippen LogP contribution in [0.15, 0.2) is 18.2 Å². The van der Waals surface area contributed by atoms with Crippen LogP contribution in [0.2, 0.25) is 5.02 Å². The molecule has 0 aliphatic heterocycles. The van der Waals surface area contributed by atoms with Crippen molar-refractivity contribution >= 4 is 23.5 Å². The molecule has 0 heterocycles. The minimum Gasteiger partial charge on any atom is -0.482 e. The lowest BCUT2D eigenvalue weighted by molar-refractivity contribution is -0.150. The van der Waals surface area contributed by atoms with Gasteiger partial charge in [0.2, 0.25) is 0 Å². The summed E-state index contributed by atoms with van der Waals surface area (Å²) in [4.78, 5) is 23.5. The first kappa shape index (κ1) is 18.6. The second-order valence-corrected chi connectivity index (χ2v) is 6.70. The van der Waals surface area contributed by atoms with Crippen molar-refractivity contribution in [1.82, 2.24) is 5.32 Å². The number of carbonyl (C=O) groups is 2. The summed E-state index contributed by atoms with van der Waals surface area (Å²) in [6.07, 6.45) is 4.45. The molecule has 132 valence electrons. The number of hydrogen-bond donors (Lipinski definition) is 1. The zero-order valence-corrected chi connectivity index (χ0v) is 14.9. The average molecular weight is 354 g/mol. The van der Waals surface area contributed by atoms with Crippen LogP contribution in [0.5, 0.6) is 5.75 Å². The van der Waals surface area contributed by atoms with Crippen LogP contribution in [0.25, 0.3) is 0 Å². The van der Waals surface area contributed by atoms with E-state index in [0.717, 1.165) is 24.8 Å². The van der Waals surface area contributed by atoms with E-state index in [4.69, 9.17) is 21.1 Å². The highest BCUT2D eigenvalue weighted by Gasteiger charge is 2.23. The third kappa shape index (κ3) is 5.71. The molecule has 5 nitrogen and oxygen atoms in total. The molecule has 2 rings (SSSR count). The zero-order valence-electron chi connectivity index (χ0n) is 14.1. The molecule has 1 fully saturated rings. The number of nitrogens with one attached hydrogen (secondary N) is 1. The number of esters is 1. The summed E-state index contributed by atoms with van der Waals surface area (Å²) in [7, 11) is 0. The lowest BCUT2D eigenvalue weighted by Gasteiger charge is -2.29. The van der Waals surface area contributed by atoms with Crippen molar-refractivity contribution in [2.24, 2.45) is 5.92 Å². The standard InChI is InChI=1S/C18H24ClNO4/c1-12-5-3-4-6-16(12)20-17(21)10-24-18(22)11-23-14-7-8-15(19)13(2)9-14/h7-9,12,16H,3-6,10-11H2,1-2H3,(H,20,21)/t12-,16+/m0/s1. The number of carbonyl (C=O) groups excluding carboxylic acids is 2. The average Bonchev–Trinajstić information content (AvgIpc) is 2.56. The number of rotatable bonds is 6. The van der Waals surface area contributed by atoms with E-state index < -0.39 is 5.97 Å². The maximum absolute atomic E-state index is 11.9. The highest BCUT2D eigenvalue weighted by molar-refractivity contribution is 6.31. The molecule has 1 N–H and O–H groups in total. The van der Waals surface area contributed by atoms with Gasteiger partial charge in [0, 0.05) is 11.1 Å². The van der Waals surface area contributed by atoms with Gasteiger partial charge in [0.1, 0.15) is 5.75 Å². The molecule has 1 saturated carbocycles. The molecule has 1 aromatic carbocycles. The summed E-state index contributed by atoms with van der Waals surface area (Å²) >= 11 is 5.93. The third-order valence-electron chi connectivity index (χ3n) is 4.31. The van der Waals surface area contributed by atoms with Crippen molar-refractivity contribution in [3.8, 4) is 5.75 Å². The van der Waals surface area contributed by atoms with Gasteiger partial charge in [0.25, 0.3) is 5.91 Å². The van der Waals surface area contributed by atoms with Crippen molar-refractivity contribution < 1.29 is 19.1 Å². The van der Waals surface area contributed by atoms with Crippen molar-refractivity contribution in [2.45, 2.75) is 45.6 Å². The predicted molar refractivity (Wildman–Crippen MR) is 92.2 cm³/mol. The first-order chi connectivity index (χ1) is 11.5. The maximum Gasteiger partial charge on any atom is 0.344 e. The van der Waals surface area contributed by atoms with Crippen LogP contribution in [-0.4, -0.2) is 31.1 Å². The molecular weight excluding hydrogens is 330 g/mol. The van der Waals surface area contributed by atoms with Gasteiger partial charge < -0.3 is 14.8 Å². The molecule has 0 unspecified atom stereocenters. The Balaban J connectivity index is 1.68. The lowest BCUT2D eigenvalue weighted by atomic mass is 9.86. The Morgan fingerprint density at radius 2 is 2.00 bits per heavy atom. The van der Waals surface area contributed by atoms with Gasteiger partial charge in [0.15, 0.2) is 13.2 Å². The molecule has 2 atom stereocenters. The summed E-state index contributed by atoms with van der Waals surface area (Å²) in [5.74, 6) is 0.170. The molecule has 1 aliphatic rings. The van der Waals surface area contributed by atoms with E-state index in [2.05, 4.69) is 12.2 Å². The summed E-state index contributed by atoms with van der Waals surface area (Å²) < 4.78 is 10.3. The topological polar surface area (TPSA) is 64.6 Å². The van der Waals surface area contributed by atoms with Crippen molar-refractivity contribution in [3.63, 3.8) is 0 Å². The van der Waals surface area contributed by atoms with Crippen molar-refractivity contribution in [2.75, 3.05) is 13.2 Å². The molecule has 0 radical (unpaired) electrons. The zero-order chi connectivity index (χ0) is 17.5. The number of hydrogen-bond acceptors (Lipinski definition) is 4. The normalized spacial score (nSPS) is 20.3. The Morgan fingerprint density at radius 1 is 1.25 bits per heavy atom.